The van der Waals surface area contributed by atoms with E-state index in [4.69, 9.17) is 10.8 Å². The molecule has 4 nitrogen and oxygen atoms in total. The summed E-state index contributed by atoms with van der Waals surface area (Å²) in [7, 11) is 0. The van der Waals surface area contributed by atoms with Crippen LogP contribution in [-0.2, 0) is 11.2 Å². The zero-order chi connectivity index (χ0) is 15.1. The minimum atomic E-state index is -0.959. The number of benzene rings is 2. The van der Waals surface area contributed by atoms with E-state index >= 15 is 0 Å². The number of carboxylic acid groups (broad SMARTS) is 1. The topological polar surface area (TPSA) is 79.1 Å². The van der Waals surface area contributed by atoms with E-state index in [-0.39, 0.29) is 0 Å². The molecule has 2 aromatic carbocycles. The summed E-state index contributed by atoms with van der Waals surface area (Å²) in [6.45, 7) is 0. The lowest BCUT2D eigenvalue weighted by molar-refractivity contribution is -0.138. The summed E-state index contributed by atoms with van der Waals surface area (Å²) < 4.78 is 0. The van der Waals surface area contributed by atoms with Gasteiger partial charge in [0.15, 0.2) is 0 Å². The minimum Gasteiger partial charge on any atom is -0.480 e. The van der Waals surface area contributed by atoms with E-state index < -0.39 is 12.0 Å². The van der Waals surface area contributed by atoms with E-state index in [1.54, 1.807) is 0 Å². The molecule has 108 valence electrons. The van der Waals surface area contributed by atoms with Crippen molar-refractivity contribution in [1.82, 2.24) is 4.98 Å². The number of hydrogen-bond acceptors (Lipinski definition) is 2. The first-order valence-electron chi connectivity index (χ1n) is 6.71. The number of carbonyl (C=O) groups is 1. The molecule has 0 aliphatic rings. The zero-order valence-corrected chi connectivity index (χ0v) is 11.6. The number of fused-ring (bicyclic) bond motifs is 1. The van der Waals surface area contributed by atoms with Crippen LogP contribution >= 0.6 is 0 Å². The Labute approximate surface area is 123 Å². The molecule has 4 heteroatoms. The molecule has 3 rings (SSSR count). The van der Waals surface area contributed by atoms with Crippen molar-refractivity contribution in [3.8, 4) is 0 Å². The summed E-state index contributed by atoms with van der Waals surface area (Å²) in [5.74, 6) is -0.959. The maximum absolute atomic E-state index is 10.4. The van der Waals surface area contributed by atoms with Crippen molar-refractivity contribution in [2.24, 2.45) is 5.73 Å². The molecule has 21 heavy (non-hydrogen) atoms. The zero-order valence-electron chi connectivity index (χ0n) is 11.6. The SMILES string of the molecule is N[C@@H](Cc1ccccc1)C(=O)O.c1ccc2[nH]ccc2c1. The average Bonchev–Trinajstić information content (AvgIpc) is 2.97. The molecule has 0 saturated carbocycles. The summed E-state index contributed by atoms with van der Waals surface area (Å²) in [5, 5.41) is 9.79. The second-order valence-electron chi connectivity index (χ2n) is 4.70. The van der Waals surface area contributed by atoms with Crippen LogP contribution in [0.3, 0.4) is 0 Å². The largest absolute Gasteiger partial charge is 0.480 e. The van der Waals surface area contributed by atoms with E-state index in [2.05, 4.69) is 23.2 Å². The number of H-pyrrole nitrogens is 1. The van der Waals surface area contributed by atoms with E-state index in [0.717, 1.165) is 5.56 Å². The maximum Gasteiger partial charge on any atom is 0.320 e. The molecule has 0 amide bonds. The fraction of sp³-hybridized carbons (Fsp3) is 0.118. The molecule has 1 atom stereocenters. The van der Waals surface area contributed by atoms with Gasteiger partial charge in [-0.25, -0.2) is 0 Å². The van der Waals surface area contributed by atoms with Crippen LogP contribution in [0.2, 0.25) is 0 Å². The van der Waals surface area contributed by atoms with Gasteiger partial charge >= 0.3 is 5.97 Å². The molecule has 0 fully saturated rings. The first kappa shape index (κ1) is 14.8. The molecule has 1 aromatic heterocycles. The van der Waals surface area contributed by atoms with Gasteiger partial charge in [-0.1, -0.05) is 48.5 Å². The molecule has 1 heterocycles. The number of aliphatic carboxylic acids is 1. The average molecular weight is 282 g/mol. The van der Waals surface area contributed by atoms with Crippen molar-refractivity contribution in [3.05, 3.63) is 72.4 Å². The lowest BCUT2D eigenvalue weighted by atomic mass is 10.1. The Morgan fingerprint density at radius 2 is 1.71 bits per heavy atom. The Morgan fingerprint density at radius 1 is 1.05 bits per heavy atom. The summed E-state index contributed by atoms with van der Waals surface area (Å²) in [5.41, 5.74) is 7.51. The van der Waals surface area contributed by atoms with Crippen LogP contribution in [-0.4, -0.2) is 22.1 Å². The summed E-state index contributed by atoms with van der Waals surface area (Å²) >= 11 is 0. The third-order valence-electron chi connectivity index (χ3n) is 3.08. The summed E-state index contributed by atoms with van der Waals surface area (Å²) in [4.78, 5) is 13.5. The number of para-hydroxylation sites is 1. The first-order chi connectivity index (χ1) is 10.2. The van der Waals surface area contributed by atoms with Crippen molar-refractivity contribution in [2.45, 2.75) is 12.5 Å². The molecule has 0 aliphatic carbocycles. The standard InChI is InChI=1S/C9H11NO2.C8H7N/c10-8(9(11)12)6-7-4-2-1-3-5-7;1-2-4-8-7(3-1)5-6-9-8/h1-5,8H,6,10H2,(H,11,12);1-6,9H/t8-;/m0./s1. The van der Waals surface area contributed by atoms with Crippen LogP contribution in [0.1, 0.15) is 5.56 Å². The van der Waals surface area contributed by atoms with Crippen molar-refractivity contribution in [1.29, 1.82) is 0 Å². The molecule has 0 radical (unpaired) electrons. The fourth-order valence-electron chi connectivity index (χ4n) is 1.95. The quantitative estimate of drug-likeness (QED) is 0.691. The van der Waals surface area contributed by atoms with Gasteiger partial charge in [0.05, 0.1) is 0 Å². The Balaban J connectivity index is 0.000000159. The van der Waals surface area contributed by atoms with Crippen molar-refractivity contribution in [3.63, 3.8) is 0 Å². The van der Waals surface area contributed by atoms with Crippen molar-refractivity contribution in [2.75, 3.05) is 0 Å². The van der Waals surface area contributed by atoms with Gasteiger partial charge in [-0.05, 0) is 29.5 Å². The molecule has 0 spiro atoms. The lowest BCUT2D eigenvalue weighted by Crippen LogP contribution is -2.32. The Hall–Kier alpha value is -2.59. The normalized spacial score (nSPS) is 11.5. The van der Waals surface area contributed by atoms with E-state index in [0.29, 0.717) is 6.42 Å². The van der Waals surface area contributed by atoms with E-state index in [1.807, 2.05) is 48.7 Å². The molecule has 3 aromatic rings. The number of carboxylic acids is 1. The Bertz CT molecular complexity index is 662. The van der Waals surface area contributed by atoms with Crippen LogP contribution in [0.5, 0.6) is 0 Å². The summed E-state index contributed by atoms with van der Waals surface area (Å²) in [6.07, 6.45) is 2.33. The van der Waals surface area contributed by atoms with E-state index in [1.165, 1.54) is 10.9 Å². The molecule has 0 unspecified atom stereocenters. The molecule has 0 saturated heterocycles. The Kier molecular flexibility index (Phi) is 5.12. The van der Waals surface area contributed by atoms with Crippen LogP contribution in [0.4, 0.5) is 0 Å². The molecule has 4 N–H and O–H groups in total. The van der Waals surface area contributed by atoms with Crippen molar-refractivity contribution >= 4 is 16.9 Å². The van der Waals surface area contributed by atoms with Crippen LogP contribution < -0.4 is 5.73 Å². The highest BCUT2D eigenvalue weighted by molar-refractivity contribution is 5.78. The number of aromatic nitrogens is 1. The second-order valence-corrected chi connectivity index (χ2v) is 4.70. The lowest BCUT2D eigenvalue weighted by Gasteiger charge is -2.04. The number of hydrogen-bond donors (Lipinski definition) is 3. The molecule has 0 bridgehead atoms. The first-order valence-corrected chi connectivity index (χ1v) is 6.71. The van der Waals surface area contributed by atoms with Gasteiger partial charge in [0, 0.05) is 11.7 Å². The molecular formula is C17H18N2O2. The van der Waals surface area contributed by atoms with Gasteiger partial charge in [-0.2, -0.15) is 0 Å². The highest BCUT2D eigenvalue weighted by Crippen LogP contribution is 2.09. The predicted octanol–water partition coefficient (Wildman–Crippen LogP) is 2.81. The van der Waals surface area contributed by atoms with Gasteiger partial charge in [-0.3, -0.25) is 4.79 Å². The highest BCUT2D eigenvalue weighted by Gasteiger charge is 2.10. The van der Waals surface area contributed by atoms with Crippen LogP contribution in [0.25, 0.3) is 10.9 Å². The number of rotatable bonds is 3. The maximum atomic E-state index is 10.4. The van der Waals surface area contributed by atoms with Crippen LogP contribution in [0, 0.1) is 0 Å². The smallest absolute Gasteiger partial charge is 0.320 e. The third-order valence-corrected chi connectivity index (χ3v) is 3.08. The van der Waals surface area contributed by atoms with Gasteiger partial charge in [0.1, 0.15) is 6.04 Å². The minimum absolute atomic E-state index is 0.385. The number of aromatic amines is 1. The molecular weight excluding hydrogens is 264 g/mol. The Morgan fingerprint density at radius 3 is 2.38 bits per heavy atom. The van der Waals surface area contributed by atoms with Crippen LogP contribution in [0.15, 0.2) is 66.9 Å². The number of nitrogens with one attached hydrogen (secondary N) is 1. The van der Waals surface area contributed by atoms with Gasteiger partial charge < -0.3 is 15.8 Å². The van der Waals surface area contributed by atoms with E-state index in [9.17, 15) is 4.79 Å². The van der Waals surface area contributed by atoms with Crippen molar-refractivity contribution < 1.29 is 9.90 Å². The second kappa shape index (κ2) is 7.26. The predicted molar refractivity (Wildman–Crippen MR) is 84.1 cm³/mol. The third kappa shape index (κ3) is 4.47. The number of nitrogens with two attached hydrogens (primary N) is 1. The highest BCUT2D eigenvalue weighted by atomic mass is 16.4. The molecule has 0 aliphatic heterocycles. The van der Waals surface area contributed by atoms with Gasteiger partial charge in [0.2, 0.25) is 0 Å². The van der Waals surface area contributed by atoms with Gasteiger partial charge in [-0.15, -0.1) is 0 Å². The fourth-order valence-corrected chi connectivity index (χ4v) is 1.95. The summed E-state index contributed by atoms with van der Waals surface area (Å²) in [6, 6.07) is 18.8. The van der Waals surface area contributed by atoms with Gasteiger partial charge in [0.25, 0.3) is 0 Å². The monoisotopic (exact) mass is 282 g/mol.